The zero-order valence-corrected chi connectivity index (χ0v) is 17.7. The van der Waals surface area contributed by atoms with Crippen molar-refractivity contribution in [2.45, 2.75) is 40.2 Å². The number of benzene rings is 1. The molecule has 2 amide bonds. The lowest BCUT2D eigenvalue weighted by Crippen LogP contribution is -2.32. The van der Waals surface area contributed by atoms with E-state index in [1.54, 1.807) is 35.3 Å². The van der Waals surface area contributed by atoms with Crippen LogP contribution in [0.15, 0.2) is 54.8 Å². The number of amides is 2. The van der Waals surface area contributed by atoms with Crippen LogP contribution >= 0.6 is 0 Å². The van der Waals surface area contributed by atoms with E-state index < -0.39 is 11.9 Å². The summed E-state index contributed by atoms with van der Waals surface area (Å²) in [5.41, 5.74) is 3.04. The monoisotopic (exact) mass is 398 g/mol. The summed E-state index contributed by atoms with van der Waals surface area (Å²) in [6.45, 7) is 10.3. The third kappa shape index (κ3) is 7.07. The minimum Gasteiger partial charge on any atom is -0.462 e. The molecule has 156 valence electrons. The van der Waals surface area contributed by atoms with E-state index in [1.807, 2.05) is 26.0 Å². The molecule has 0 spiro atoms. The molecule has 0 aliphatic heterocycles. The average molecular weight is 399 g/mol. The predicted molar refractivity (Wildman–Crippen MR) is 114 cm³/mol. The first-order chi connectivity index (χ1) is 13.9. The van der Waals surface area contributed by atoms with Gasteiger partial charge in [-0.1, -0.05) is 44.2 Å². The van der Waals surface area contributed by atoms with Gasteiger partial charge in [-0.05, 0) is 49.6 Å². The number of carbonyl (C=O) groups excluding carboxylic acids is 3. The van der Waals surface area contributed by atoms with Crippen molar-refractivity contribution in [2.75, 3.05) is 13.7 Å². The number of unbranched alkanes of at least 4 members (excludes halogenated alkanes) is 1. The van der Waals surface area contributed by atoms with E-state index in [0.717, 1.165) is 36.8 Å². The van der Waals surface area contributed by atoms with Gasteiger partial charge in [-0.25, -0.2) is 4.79 Å². The summed E-state index contributed by atoms with van der Waals surface area (Å²) in [7, 11) is 1.15. The standard InChI is InChI=1S/C23H30N2O4/c1-6-9-11-20(8-3)25(14-10-7-2)22(27)18-12-13-19(17(4)15-18)16-24-21(26)23(28)29-5/h6,8-9,11-13,15H,1,7,10,14,16H2,2-5H3,(H,24,26)/b11-9-,20-8+. The summed E-state index contributed by atoms with van der Waals surface area (Å²) in [6.07, 6.45) is 9.11. The molecule has 0 bridgehead atoms. The van der Waals surface area contributed by atoms with Crippen LogP contribution in [0.3, 0.4) is 0 Å². The van der Waals surface area contributed by atoms with Gasteiger partial charge in [0.2, 0.25) is 0 Å². The van der Waals surface area contributed by atoms with Crippen LogP contribution in [0.2, 0.25) is 0 Å². The molecule has 29 heavy (non-hydrogen) atoms. The van der Waals surface area contributed by atoms with Crippen molar-refractivity contribution in [1.29, 1.82) is 0 Å². The van der Waals surface area contributed by atoms with Gasteiger partial charge in [-0.3, -0.25) is 9.59 Å². The van der Waals surface area contributed by atoms with Crippen molar-refractivity contribution < 1.29 is 19.1 Å². The van der Waals surface area contributed by atoms with Gasteiger partial charge in [0.1, 0.15) is 0 Å². The molecular formula is C23H30N2O4. The number of carbonyl (C=O) groups is 3. The molecule has 6 heteroatoms. The molecule has 0 atom stereocenters. The molecule has 1 aromatic rings. The van der Waals surface area contributed by atoms with Crippen molar-refractivity contribution >= 4 is 17.8 Å². The summed E-state index contributed by atoms with van der Waals surface area (Å²) >= 11 is 0. The minimum absolute atomic E-state index is 0.0893. The van der Waals surface area contributed by atoms with E-state index in [4.69, 9.17) is 0 Å². The van der Waals surface area contributed by atoms with E-state index in [9.17, 15) is 14.4 Å². The van der Waals surface area contributed by atoms with Gasteiger partial charge in [0.25, 0.3) is 5.91 Å². The van der Waals surface area contributed by atoms with Gasteiger partial charge < -0.3 is 15.0 Å². The van der Waals surface area contributed by atoms with Crippen LogP contribution in [-0.4, -0.2) is 36.3 Å². The lowest BCUT2D eigenvalue weighted by Gasteiger charge is -2.24. The molecule has 0 aromatic heterocycles. The Hall–Kier alpha value is -3.15. The highest BCUT2D eigenvalue weighted by molar-refractivity contribution is 6.32. The van der Waals surface area contributed by atoms with Crippen LogP contribution < -0.4 is 5.32 Å². The first-order valence-electron chi connectivity index (χ1n) is 9.62. The van der Waals surface area contributed by atoms with Crippen LogP contribution in [0.25, 0.3) is 0 Å². The highest BCUT2D eigenvalue weighted by Gasteiger charge is 2.19. The van der Waals surface area contributed by atoms with E-state index in [1.165, 1.54) is 0 Å². The minimum atomic E-state index is -0.938. The second kappa shape index (κ2) is 12.3. The second-order valence-electron chi connectivity index (χ2n) is 6.43. The number of methoxy groups -OCH3 is 1. The maximum atomic E-state index is 13.2. The summed E-state index contributed by atoms with van der Waals surface area (Å²) < 4.78 is 4.38. The average Bonchev–Trinajstić information content (AvgIpc) is 2.73. The number of esters is 1. The fourth-order valence-corrected chi connectivity index (χ4v) is 2.70. The van der Waals surface area contributed by atoms with Gasteiger partial charge >= 0.3 is 11.9 Å². The van der Waals surface area contributed by atoms with Crippen LogP contribution in [0.4, 0.5) is 0 Å². The Bertz CT molecular complexity index is 809. The Morgan fingerprint density at radius 2 is 2.00 bits per heavy atom. The summed E-state index contributed by atoms with van der Waals surface area (Å²) in [5, 5.41) is 2.50. The number of allylic oxidation sites excluding steroid dienone is 4. The lowest BCUT2D eigenvalue weighted by atomic mass is 10.0. The molecule has 0 unspecified atom stereocenters. The Kier molecular flexibility index (Phi) is 10.2. The second-order valence-corrected chi connectivity index (χ2v) is 6.43. The van der Waals surface area contributed by atoms with Crippen molar-refractivity contribution in [3.05, 3.63) is 71.5 Å². The number of ether oxygens (including phenoxy) is 1. The smallest absolute Gasteiger partial charge is 0.396 e. The molecule has 0 radical (unpaired) electrons. The van der Waals surface area contributed by atoms with Gasteiger partial charge in [-0.2, -0.15) is 0 Å². The molecule has 0 heterocycles. The molecule has 0 saturated carbocycles. The Morgan fingerprint density at radius 1 is 1.28 bits per heavy atom. The van der Waals surface area contributed by atoms with E-state index in [2.05, 4.69) is 23.6 Å². The number of nitrogens with one attached hydrogen (secondary N) is 1. The molecule has 1 rings (SSSR count). The molecule has 0 saturated heterocycles. The fourth-order valence-electron chi connectivity index (χ4n) is 2.70. The normalized spacial score (nSPS) is 11.2. The molecular weight excluding hydrogens is 368 g/mol. The van der Waals surface area contributed by atoms with Crippen molar-refractivity contribution in [2.24, 2.45) is 0 Å². The number of hydrogen-bond acceptors (Lipinski definition) is 4. The van der Waals surface area contributed by atoms with Gasteiger partial charge in [-0.15, -0.1) is 0 Å². The fraction of sp³-hybridized carbons (Fsp3) is 0.348. The van der Waals surface area contributed by atoms with Crippen LogP contribution in [0, 0.1) is 6.92 Å². The van der Waals surface area contributed by atoms with E-state index >= 15 is 0 Å². The number of aryl methyl sites for hydroxylation is 1. The zero-order valence-electron chi connectivity index (χ0n) is 17.7. The molecule has 1 N–H and O–H groups in total. The topological polar surface area (TPSA) is 75.7 Å². The van der Waals surface area contributed by atoms with Crippen molar-refractivity contribution in [3.8, 4) is 0 Å². The van der Waals surface area contributed by atoms with Crippen molar-refractivity contribution in [1.82, 2.24) is 10.2 Å². The Morgan fingerprint density at radius 3 is 2.55 bits per heavy atom. The maximum Gasteiger partial charge on any atom is 0.396 e. The Balaban J connectivity index is 3.04. The SMILES string of the molecule is C=C/C=C\C(=C/C)N(CCCC)C(=O)c1ccc(CNC(=O)C(=O)OC)c(C)c1. The number of rotatable bonds is 9. The first-order valence-corrected chi connectivity index (χ1v) is 9.62. The number of hydrogen-bond donors (Lipinski definition) is 1. The number of nitrogens with zero attached hydrogens (tertiary/aromatic N) is 1. The quantitative estimate of drug-likeness (QED) is 0.391. The maximum absolute atomic E-state index is 13.2. The van der Waals surface area contributed by atoms with Crippen LogP contribution in [-0.2, 0) is 20.9 Å². The lowest BCUT2D eigenvalue weighted by molar-refractivity contribution is -0.152. The molecule has 6 nitrogen and oxygen atoms in total. The zero-order chi connectivity index (χ0) is 21.8. The van der Waals surface area contributed by atoms with Crippen LogP contribution in [0.1, 0.15) is 48.2 Å². The summed E-state index contributed by atoms with van der Waals surface area (Å²) in [4.78, 5) is 37.7. The highest BCUT2D eigenvalue weighted by Crippen LogP contribution is 2.17. The molecule has 0 fully saturated rings. The Labute approximate surface area is 172 Å². The van der Waals surface area contributed by atoms with Gasteiger partial charge in [0.05, 0.1) is 7.11 Å². The van der Waals surface area contributed by atoms with Crippen LogP contribution in [0.5, 0.6) is 0 Å². The van der Waals surface area contributed by atoms with Gasteiger partial charge in [0, 0.05) is 24.4 Å². The first kappa shape index (κ1) is 23.9. The highest BCUT2D eigenvalue weighted by atomic mass is 16.5. The summed E-state index contributed by atoms with van der Waals surface area (Å²) in [6, 6.07) is 5.32. The van der Waals surface area contributed by atoms with Gasteiger partial charge in [0.15, 0.2) is 0 Å². The largest absolute Gasteiger partial charge is 0.462 e. The van der Waals surface area contributed by atoms with Crippen molar-refractivity contribution in [3.63, 3.8) is 0 Å². The van der Waals surface area contributed by atoms with E-state index in [-0.39, 0.29) is 12.5 Å². The van der Waals surface area contributed by atoms with E-state index in [0.29, 0.717) is 12.1 Å². The molecule has 0 aliphatic rings. The predicted octanol–water partition coefficient (Wildman–Crippen LogP) is 3.67. The molecule has 0 aliphatic carbocycles. The summed E-state index contributed by atoms with van der Waals surface area (Å²) in [5.74, 6) is -1.83. The third-order valence-electron chi connectivity index (χ3n) is 4.39. The third-order valence-corrected chi connectivity index (χ3v) is 4.39. The molecule has 1 aromatic carbocycles.